The van der Waals surface area contributed by atoms with Crippen LogP contribution in [0.2, 0.25) is 0 Å². The van der Waals surface area contributed by atoms with Crippen LogP contribution in [0.5, 0.6) is 5.75 Å². The fraction of sp³-hybridized carbons (Fsp3) is 0.562. The maximum atomic E-state index is 11.7. The van der Waals surface area contributed by atoms with Crippen LogP contribution in [-0.4, -0.2) is 26.2 Å². The molecule has 1 N–H and O–H groups in total. The van der Waals surface area contributed by atoms with Crippen molar-refractivity contribution in [3.63, 3.8) is 0 Å². The van der Waals surface area contributed by atoms with Crippen LogP contribution >= 0.6 is 0 Å². The third-order valence-corrected chi connectivity index (χ3v) is 3.71. The second-order valence-electron chi connectivity index (χ2n) is 5.26. The number of carbonyl (C=O) groups is 1. The van der Waals surface area contributed by atoms with Gasteiger partial charge in [-0.1, -0.05) is 12.1 Å². The molecule has 0 saturated carbocycles. The van der Waals surface area contributed by atoms with Gasteiger partial charge in [0, 0.05) is 6.42 Å². The van der Waals surface area contributed by atoms with Crippen molar-refractivity contribution in [2.24, 2.45) is 5.92 Å². The van der Waals surface area contributed by atoms with Crippen molar-refractivity contribution in [1.82, 2.24) is 5.32 Å². The van der Waals surface area contributed by atoms with E-state index in [4.69, 9.17) is 9.47 Å². The predicted octanol–water partition coefficient (Wildman–Crippen LogP) is 2.52. The molecule has 4 heteroatoms. The Morgan fingerprint density at radius 3 is 2.80 bits per heavy atom. The zero-order valence-electron chi connectivity index (χ0n) is 12.1. The third-order valence-electron chi connectivity index (χ3n) is 3.71. The summed E-state index contributed by atoms with van der Waals surface area (Å²) in [5, 5.41) is 3.36. The lowest BCUT2D eigenvalue weighted by atomic mass is 9.95. The summed E-state index contributed by atoms with van der Waals surface area (Å²) in [6.45, 7) is 2.48. The lowest BCUT2D eigenvalue weighted by molar-refractivity contribution is -0.145. The summed E-state index contributed by atoms with van der Waals surface area (Å²) in [4.78, 5) is 11.7. The van der Waals surface area contributed by atoms with E-state index >= 15 is 0 Å². The van der Waals surface area contributed by atoms with E-state index in [9.17, 15) is 4.79 Å². The van der Waals surface area contributed by atoms with Crippen molar-refractivity contribution in [3.05, 3.63) is 29.8 Å². The quantitative estimate of drug-likeness (QED) is 0.812. The molecule has 110 valence electrons. The molecule has 1 heterocycles. The molecule has 1 aliphatic heterocycles. The van der Waals surface area contributed by atoms with E-state index < -0.39 is 0 Å². The standard InChI is InChI=1S/C16H23NO3/c1-19-15-7-4-14(5-8-15)12-20-16(18)9-6-13-3-2-10-17-11-13/h4-5,7-8,13,17H,2-3,6,9-12H2,1H3. The summed E-state index contributed by atoms with van der Waals surface area (Å²) in [6.07, 6.45) is 3.88. The Kier molecular flexibility index (Phi) is 5.87. The number of nitrogens with one attached hydrogen (secondary N) is 1. The van der Waals surface area contributed by atoms with E-state index in [1.807, 2.05) is 24.3 Å². The van der Waals surface area contributed by atoms with Gasteiger partial charge in [0.15, 0.2) is 0 Å². The largest absolute Gasteiger partial charge is 0.497 e. The second kappa shape index (κ2) is 7.90. The molecule has 0 amide bonds. The first-order valence-electron chi connectivity index (χ1n) is 7.27. The number of esters is 1. The predicted molar refractivity (Wildman–Crippen MR) is 77.6 cm³/mol. The lowest BCUT2D eigenvalue weighted by Crippen LogP contribution is -2.30. The number of rotatable bonds is 6. The highest BCUT2D eigenvalue weighted by molar-refractivity contribution is 5.69. The fourth-order valence-corrected chi connectivity index (χ4v) is 2.45. The molecule has 1 atom stereocenters. The van der Waals surface area contributed by atoms with Crippen molar-refractivity contribution in [3.8, 4) is 5.75 Å². The summed E-state index contributed by atoms with van der Waals surface area (Å²) in [7, 11) is 1.63. The van der Waals surface area contributed by atoms with Gasteiger partial charge >= 0.3 is 5.97 Å². The van der Waals surface area contributed by atoms with Crippen LogP contribution in [0.3, 0.4) is 0 Å². The van der Waals surface area contributed by atoms with E-state index in [1.54, 1.807) is 7.11 Å². The normalized spacial score (nSPS) is 18.6. The Morgan fingerprint density at radius 2 is 2.15 bits per heavy atom. The van der Waals surface area contributed by atoms with Gasteiger partial charge in [0.2, 0.25) is 0 Å². The van der Waals surface area contributed by atoms with Crippen molar-refractivity contribution in [2.45, 2.75) is 32.3 Å². The van der Waals surface area contributed by atoms with Gasteiger partial charge in [-0.25, -0.2) is 0 Å². The molecule has 1 aromatic rings. The number of hydrogen-bond donors (Lipinski definition) is 1. The first-order chi connectivity index (χ1) is 9.78. The first kappa shape index (κ1) is 14.9. The summed E-state index contributed by atoms with van der Waals surface area (Å²) in [5.74, 6) is 1.33. The molecule has 0 radical (unpaired) electrons. The summed E-state index contributed by atoms with van der Waals surface area (Å²) in [5.41, 5.74) is 0.985. The number of benzene rings is 1. The van der Waals surface area contributed by atoms with Crippen LogP contribution < -0.4 is 10.1 Å². The van der Waals surface area contributed by atoms with E-state index in [1.165, 1.54) is 12.8 Å². The Balaban J connectivity index is 1.66. The van der Waals surface area contributed by atoms with Gasteiger partial charge in [0.1, 0.15) is 12.4 Å². The van der Waals surface area contributed by atoms with Gasteiger partial charge in [0.05, 0.1) is 7.11 Å². The molecular formula is C16H23NO3. The minimum atomic E-state index is -0.105. The lowest BCUT2D eigenvalue weighted by Gasteiger charge is -2.22. The minimum Gasteiger partial charge on any atom is -0.497 e. The number of ether oxygens (including phenoxy) is 2. The van der Waals surface area contributed by atoms with Crippen LogP contribution in [0.1, 0.15) is 31.2 Å². The highest BCUT2D eigenvalue weighted by Gasteiger charge is 2.14. The van der Waals surface area contributed by atoms with Crippen LogP contribution in [0.15, 0.2) is 24.3 Å². The fourth-order valence-electron chi connectivity index (χ4n) is 2.45. The number of methoxy groups -OCH3 is 1. The number of hydrogen-bond acceptors (Lipinski definition) is 4. The molecule has 0 aromatic heterocycles. The Bertz CT molecular complexity index is 410. The third kappa shape index (κ3) is 4.85. The molecule has 1 fully saturated rings. The highest BCUT2D eigenvalue weighted by atomic mass is 16.5. The van der Waals surface area contributed by atoms with Crippen LogP contribution in [0.4, 0.5) is 0 Å². The maximum absolute atomic E-state index is 11.7. The zero-order valence-corrected chi connectivity index (χ0v) is 12.1. The van der Waals surface area contributed by atoms with E-state index in [0.717, 1.165) is 30.8 Å². The number of carbonyl (C=O) groups excluding carboxylic acids is 1. The van der Waals surface area contributed by atoms with Crippen molar-refractivity contribution < 1.29 is 14.3 Å². The summed E-state index contributed by atoms with van der Waals surface area (Å²) < 4.78 is 10.4. The van der Waals surface area contributed by atoms with Crippen LogP contribution in [-0.2, 0) is 16.1 Å². The smallest absolute Gasteiger partial charge is 0.306 e. The highest BCUT2D eigenvalue weighted by Crippen LogP contribution is 2.17. The van der Waals surface area contributed by atoms with Gasteiger partial charge < -0.3 is 14.8 Å². The first-order valence-corrected chi connectivity index (χ1v) is 7.27. The average molecular weight is 277 g/mol. The Morgan fingerprint density at radius 1 is 1.35 bits per heavy atom. The van der Waals surface area contributed by atoms with Gasteiger partial charge in [-0.05, 0) is 56.0 Å². The van der Waals surface area contributed by atoms with Gasteiger partial charge in [0.25, 0.3) is 0 Å². The minimum absolute atomic E-state index is 0.105. The topological polar surface area (TPSA) is 47.6 Å². The van der Waals surface area contributed by atoms with E-state index in [-0.39, 0.29) is 5.97 Å². The SMILES string of the molecule is COc1ccc(COC(=O)CCC2CCCNC2)cc1. The van der Waals surface area contributed by atoms with Crippen molar-refractivity contribution in [1.29, 1.82) is 0 Å². The average Bonchev–Trinajstić information content (AvgIpc) is 2.52. The molecule has 0 aliphatic carbocycles. The van der Waals surface area contributed by atoms with Gasteiger partial charge in [-0.2, -0.15) is 0 Å². The van der Waals surface area contributed by atoms with E-state index in [0.29, 0.717) is 18.9 Å². The van der Waals surface area contributed by atoms with Crippen LogP contribution in [0, 0.1) is 5.92 Å². The molecule has 1 aliphatic rings. The monoisotopic (exact) mass is 277 g/mol. The summed E-state index contributed by atoms with van der Waals surface area (Å²) >= 11 is 0. The second-order valence-corrected chi connectivity index (χ2v) is 5.26. The molecule has 2 rings (SSSR count). The number of piperidine rings is 1. The molecular weight excluding hydrogens is 254 g/mol. The molecule has 4 nitrogen and oxygen atoms in total. The van der Waals surface area contributed by atoms with Gasteiger partial charge in [-0.3, -0.25) is 4.79 Å². The zero-order chi connectivity index (χ0) is 14.2. The summed E-state index contributed by atoms with van der Waals surface area (Å²) in [6, 6.07) is 7.57. The van der Waals surface area contributed by atoms with Crippen molar-refractivity contribution >= 4 is 5.97 Å². The molecule has 0 spiro atoms. The Labute approximate surface area is 120 Å². The van der Waals surface area contributed by atoms with E-state index in [2.05, 4.69) is 5.32 Å². The van der Waals surface area contributed by atoms with Crippen molar-refractivity contribution in [2.75, 3.05) is 20.2 Å². The maximum Gasteiger partial charge on any atom is 0.306 e. The molecule has 1 unspecified atom stereocenters. The molecule has 20 heavy (non-hydrogen) atoms. The molecule has 1 saturated heterocycles. The Hall–Kier alpha value is -1.55. The molecule has 1 aromatic carbocycles. The van der Waals surface area contributed by atoms with Gasteiger partial charge in [-0.15, -0.1) is 0 Å². The van der Waals surface area contributed by atoms with Crippen LogP contribution in [0.25, 0.3) is 0 Å². The molecule has 0 bridgehead atoms.